The molecule has 1 aromatic rings. The molecule has 1 aromatic carbocycles. The lowest BCUT2D eigenvalue weighted by Crippen LogP contribution is -2.36. The number of hydrogen-bond acceptors (Lipinski definition) is 4. The Morgan fingerprint density at radius 2 is 2.06 bits per heavy atom. The molecule has 0 aliphatic rings. The van der Waals surface area contributed by atoms with Gasteiger partial charge in [-0.2, -0.15) is 0 Å². The van der Waals surface area contributed by atoms with E-state index in [2.05, 4.69) is 17.4 Å². The SMILES string of the molecule is NC(O)[C@@H](CCc1ccccc1)CNC=IO. The van der Waals surface area contributed by atoms with E-state index in [4.69, 9.17) is 9.17 Å². The van der Waals surface area contributed by atoms with Gasteiger partial charge in [0.15, 0.2) is 0 Å². The van der Waals surface area contributed by atoms with Crippen molar-refractivity contribution in [1.82, 2.24) is 5.32 Å². The summed E-state index contributed by atoms with van der Waals surface area (Å²) < 4.78 is 10.4. The maximum atomic E-state index is 9.46. The fraction of sp³-hybridized carbons (Fsp3) is 0.417. The summed E-state index contributed by atoms with van der Waals surface area (Å²) in [7, 11) is 0. The molecular formula is C12H19IN2O2. The van der Waals surface area contributed by atoms with E-state index in [-0.39, 0.29) is 5.92 Å². The van der Waals surface area contributed by atoms with Crippen LogP contribution in [-0.4, -0.2) is 25.5 Å². The quantitative estimate of drug-likeness (QED) is 0.432. The van der Waals surface area contributed by atoms with Crippen LogP contribution in [0.15, 0.2) is 30.3 Å². The number of aliphatic hydroxyl groups is 1. The Morgan fingerprint density at radius 3 is 2.65 bits per heavy atom. The standard InChI is InChI=1S/C12H19IN2O2/c14-12(16)11(8-15-9-13-17)7-6-10-4-2-1-3-5-10/h1-5,9,11-12,15-17H,6-8,14H2/t11-,12?/m0/s1. The van der Waals surface area contributed by atoms with Crippen LogP contribution in [0.25, 0.3) is 0 Å². The van der Waals surface area contributed by atoms with Gasteiger partial charge in [-0.25, -0.2) is 0 Å². The number of nitrogens with two attached hydrogens (primary N) is 1. The summed E-state index contributed by atoms with van der Waals surface area (Å²) in [5.41, 5.74) is 6.78. The van der Waals surface area contributed by atoms with Gasteiger partial charge in [0.2, 0.25) is 0 Å². The van der Waals surface area contributed by atoms with Gasteiger partial charge in [-0.1, -0.05) is 30.3 Å². The van der Waals surface area contributed by atoms with E-state index in [1.54, 1.807) is 4.14 Å². The molecule has 17 heavy (non-hydrogen) atoms. The van der Waals surface area contributed by atoms with Crippen LogP contribution in [0, 0.1) is 5.92 Å². The summed E-state index contributed by atoms with van der Waals surface area (Å²) in [6, 6.07) is 10.1. The van der Waals surface area contributed by atoms with E-state index in [1.807, 2.05) is 18.2 Å². The molecule has 0 saturated heterocycles. The van der Waals surface area contributed by atoms with Gasteiger partial charge in [0.05, 0.1) is 21.1 Å². The fourth-order valence-electron chi connectivity index (χ4n) is 1.62. The van der Waals surface area contributed by atoms with Crippen LogP contribution in [0.4, 0.5) is 0 Å². The van der Waals surface area contributed by atoms with Crippen LogP contribution in [0.1, 0.15) is 12.0 Å². The van der Waals surface area contributed by atoms with E-state index in [1.165, 1.54) is 5.56 Å². The molecule has 5 N–H and O–H groups in total. The van der Waals surface area contributed by atoms with E-state index in [0.29, 0.717) is 6.54 Å². The van der Waals surface area contributed by atoms with Gasteiger partial charge in [-0.3, -0.25) is 5.32 Å². The Balaban J connectivity index is 2.39. The lowest BCUT2D eigenvalue weighted by atomic mass is 9.98. The number of hydrogen-bond donors (Lipinski definition) is 4. The number of aryl methyl sites for hydroxylation is 1. The zero-order chi connectivity index (χ0) is 12.5. The second-order valence-corrected chi connectivity index (χ2v) is 5.07. The van der Waals surface area contributed by atoms with Crippen molar-refractivity contribution < 1.29 is 8.54 Å². The monoisotopic (exact) mass is 350 g/mol. The van der Waals surface area contributed by atoms with E-state index < -0.39 is 27.4 Å². The highest BCUT2D eigenvalue weighted by molar-refractivity contribution is 14.2. The van der Waals surface area contributed by atoms with Gasteiger partial charge in [-0.05, 0) is 18.4 Å². The average Bonchev–Trinajstić information content (AvgIpc) is 2.34. The molecule has 0 radical (unpaired) electrons. The molecule has 0 aromatic heterocycles. The largest absolute Gasteiger partial charge is 0.379 e. The summed E-state index contributed by atoms with van der Waals surface area (Å²) >= 11 is -0.857. The number of halogens is 1. The number of rotatable bonds is 7. The summed E-state index contributed by atoms with van der Waals surface area (Å²) in [5, 5.41) is 12.4. The Labute approximate surface area is 112 Å². The highest BCUT2D eigenvalue weighted by atomic mass is 127. The van der Waals surface area contributed by atoms with Gasteiger partial charge >= 0.3 is 0 Å². The molecule has 0 aliphatic heterocycles. The third-order valence-electron chi connectivity index (χ3n) is 2.64. The second-order valence-electron chi connectivity index (χ2n) is 3.89. The van der Waals surface area contributed by atoms with Gasteiger partial charge in [-0.15, -0.1) is 0 Å². The maximum Gasteiger partial charge on any atom is 0.106 e. The lowest BCUT2D eigenvalue weighted by molar-refractivity contribution is 0.111. The van der Waals surface area contributed by atoms with Crippen LogP contribution in [0.2, 0.25) is 0 Å². The molecule has 1 rings (SSSR count). The summed E-state index contributed by atoms with van der Waals surface area (Å²) in [6.45, 7) is 0.602. The first-order valence-electron chi connectivity index (χ1n) is 5.54. The molecule has 0 saturated carbocycles. The Bertz CT molecular complexity index is 331. The van der Waals surface area contributed by atoms with Crippen LogP contribution < -0.4 is 11.1 Å². The van der Waals surface area contributed by atoms with Crippen molar-refractivity contribution in [3.05, 3.63) is 35.9 Å². The topological polar surface area (TPSA) is 78.5 Å². The number of nitrogens with one attached hydrogen (secondary N) is 1. The van der Waals surface area contributed by atoms with Crippen LogP contribution in [-0.2, 0) is 6.42 Å². The summed E-state index contributed by atoms with van der Waals surface area (Å²) in [6.07, 6.45) is 0.901. The van der Waals surface area contributed by atoms with Gasteiger partial charge in [0.25, 0.3) is 0 Å². The molecule has 2 atom stereocenters. The Morgan fingerprint density at radius 1 is 1.35 bits per heavy atom. The third kappa shape index (κ3) is 6.23. The molecule has 0 amide bonds. The first kappa shape index (κ1) is 14.7. The zero-order valence-electron chi connectivity index (χ0n) is 9.59. The van der Waals surface area contributed by atoms with Gasteiger partial charge in [0.1, 0.15) is 6.23 Å². The van der Waals surface area contributed by atoms with Crippen LogP contribution in [0.3, 0.4) is 0 Å². The number of benzene rings is 1. The van der Waals surface area contributed by atoms with Crippen molar-refractivity contribution in [2.75, 3.05) is 6.54 Å². The fourth-order valence-corrected chi connectivity index (χ4v) is 2.07. The van der Waals surface area contributed by atoms with Crippen molar-refractivity contribution in [2.24, 2.45) is 11.7 Å². The molecular weight excluding hydrogens is 331 g/mol. The zero-order valence-corrected chi connectivity index (χ0v) is 11.7. The van der Waals surface area contributed by atoms with Crippen molar-refractivity contribution in [1.29, 1.82) is 0 Å². The average molecular weight is 350 g/mol. The molecule has 1 unspecified atom stereocenters. The second kappa shape index (κ2) is 8.71. The van der Waals surface area contributed by atoms with Crippen molar-refractivity contribution >= 4 is 25.3 Å². The molecule has 0 fully saturated rings. The third-order valence-corrected chi connectivity index (χ3v) is 3.35. The minimum absolute atomic E-state index is 0.00186. The van der Waals surface area contributed by atoms with Crippen molar-refractivity contribution in [2.45, 2.75) is 19.1 Å². The molecule has 0 bridgehead atoms. The molecule has 0 heterocycles. The highest BCUT2D eigenvalue weighted by Gasteiger charge is 2.14. The highest BCUT2D eigenvalue weighted by Crippen LogP contribution is 2.11. The first-order valence-corrected chi connectivity index (χ1v) is 7.75. The molecule has 5 heteroatoms. The van der Waals surface area contributed by atoms with Gasteiger partial charge in [0, 0.05) is 16.6 Å². The Hall–Kier alpha value is -0.340. The van der Waals surface area contributed by atoms with Crippen molar-refractivity contribution in [3.8, 4) is 0 Å². The lowest BCUT2D eigenvalue weighted by Gasteiger charge is -2.19. The summed E-state index contributed by atoms with van der Waals surface area (Å²) in [4.78, 5) is 0. The van der Waals surface area contributed by atoms with Gasteiger partial charge < -0.3 is 14.3 Å². The molecule has 96 valence electrons. The predicted molar refractivity (Wildman–Crippen MR) is 78.8 cm³/mol. The molecule has 0 aliphatic carbocycles. The maximum absolute atomic E-state index is 9.46. The van der Waals surface area contributed by atoms with Crippen molar-refractivity contribution in [3.63, 3.8) is 0 Å². The Kier molecular flexibility index (Phi) is 7.54. The smallest absolute Gasteiger partial charge is 0.106 e. The number of aliphatic hydroxyl groups excluding tert-OH is 1. The minimum Gasteiger partial charge on any atom is -0.379 e. The normalized spacial score (nSPS) is 15.5. The molecule has 4 nitrogen and oxygen atoms in total. The molecule has 0 spiro atoms. The van der Waals surface area contributed by atoms with Crippen LogP contribution >= 0.6 is 21.1 Å². The van der Waals surface area contributed by atoms with E-state index in [9.17, 15) is 5.11 Å². The first-order chi connectivity index (χ1) is 8.24. The van der Waals surface area contributed by atoms with E-state index >= 15 is 0 Å². The van der Waals surface area contributed by atoms with Crippen LogP contribution in [0.5, 0.6) is 0 Å². The predicted octanol–water partition coefficient (Wildman–Crippen LogP) is 0.740. The van der Waals surface area contributed by atoms with E-state index in [0.717, 1.165) is 12.8 Å². The summed E-state index contributed by atoms with van der Waals surface area (Å²) in [5.74, 6) is 0.00186. The minimum atomic E-state index is -0.857.